The Morgan fingerprint density at radius 3 is 2.58 bits per heavy atom. The van der Waals surface area contributed by atoms with Gasteiger partial charge >= 0.3 is 0 Å². The van der Waals surface area contributed by atoms with Crippen LogP contribution >= 0.6 is 11.3 Å². The summed E-state index contributed by atoms with van der Waals surface area (Å²) >= 11 is 1.69. The van der Waals surface area contributed by atoms with Gasteiger partial charge in [0, 0.05) is 23.2 Å². The van der Waals surface area contributed by atoms with E-state index in [1.807, 2.05) is 36.4 Å². The van der Waals surface area contributed by atoms with Crippen molar-refractivity contribution in [1.29, 1.82) is 0 Å². The van der Waals surface area contributed by atoms with Crippen LogP contribution in [0.2, 0.25) is 0 Å². The Hall–Kier alpha value is -3.03. The van der Waals surface area contributed by atoms with Crippen molar-refractivity contribution < 1.29 is 19.0 Å². The van der Waals surface area contributed by atoms with Crippen LogP contribution in [-0.2, 0) is 11.2 Å². The smallest absolute Gasteiger partial charge is 0.238 e. The van der Waals surface area contributed by atoms with E-state index in [4.69, 9.17) is 14.2 Å². The topological polar surface area (TPSA) is 60.0 Å². The number of anilines is 1. The summed E-state index contributed by atoms with van der Waals surface area (Å²) in [4.78, 5) is 16.3. The summed E-state index contributed by atoms with van der Waals surface area (Å²) < 4.78 is 16.3. The minimum Gasteiger partial charge on any atom is -0.497 e. The second-order valence-electron chi connectivity index (χ2n) is 7.32. The lowest BCUT2D eigenvalue weighted by atomic mass is 9.91. The van der Waals surface area contributed by atoms with Crippen molar-refractivity contribution >= 4 is 22.9 Å². The van der Waals surface area contributed by atoms with Crippen molar-refractivity contribution in [3.05, 3.63) is 69.9 Å². The summed E-state index contributed by atoms with van der Waals surface area (Å²) in [5.74, 6) is 2.09. The number of amides is 1. The summed E-state index contributed by atoms with van der Waals surface area (Å²) in [6, 6.07) is 15.6. The molecule has 4 rings (SSSR count). The number of fused-ring (bicyclic) bond motifs is 1. The number of nitrogens with one attached hydrogen (secondary N) is 1. The molecular weight excluding hydrogens is 412 g/mol. The molecule has 0 bridgehead atoms. The van der Waals surface area contributed by atoms with Crippen LogP contribution in [0.3, 0.4) is 0 Å². The summed E-state index contributed by atoms with van der Waals surface area (Å²) in [7, 11) is 4.91. The molecule has 0 fully saturated rings. The SMILES string of the molecule is COc1cccc(NC(=O)CN2CCc3cc(OC)c(OC)cc3[C@@H]2c2cccs2)c1. The van der Waals surface area contributed by atoms with Gasteiger partial charge in [-0.25, -0.2) is 0 Å². The van der Waals surface area contributed by atoms with Gasteiger partial charge in [0.2, 0.25) is 5.91 Å². The maximum absolute atomic E-state index is 12.9. The molecule has 31 heavy (non-hydrogen) atoms. The normalized spacial score (nSPS) is 15.8. The highest BCUT2D eigenvalue weighted by Gasteiger charge is 2.32. The largest absolute Gasteiger partial charge is 0.497 e. The zero-order chi connectivity index (χ0) is 21.8. The van der Waals surface area contributed by atoms with Crippen LogP contribution in [0.1, 0.15) is 22.0 Å². The molecule has 0 saturated heterocycles. The first kappa shape index (κ1) is 21.2. The molecule has 162 valence electrons. The van der Waals surface area contributed by atoms with E-state index in [1.54, 1.807) is 32.7 Å². The highest BCUT2D eigenvalue weighted by molar-refractivity contribution is 7.10. The molecule has 0 radical (unpaired) electrons. The van der Waals surface area contributed by atoms with E-state index >= 15 is 0 Å². The Labute approximate surface area is 186 Å². The minimum absolute atomic E-state index is 0.0142. The van der Waals surface area contributed by atoms with Crippen LogP contribution in [0, 0.1) is 0 Å². The molecule has 1 aliphatic heterocycles. The predicted molar refractivity (Wildman–Crippen MR) is 123 cm³/mol. The van der Waals surface area contributed by atoms with Gasteiger partial charge in [0.25, 0.3) is 0 Å². The molecule has 6 nitrogen and oxygen atoms in total. The standard InChI is InChI=1S/C24H26N2O4S/c1-28-18-7-4-6-17(13-18)25-23(27)15-26-10-9-16-12-20(29-2)21(30-3)14-19(16)24(26)22-8-5-11-31-22/h4-8,11-14,24H,9-10,15H2,1-3H3,(H,25,27)/t24-/m1/s1. The van der Waals surface area contributed by atoms with Crippen LogP contribution in [0.15, 0.2) is 53.9 Å². The van der Waals surface area contributed by atoms with Crippen molar-refractivity contribution in [1.82, 2.24) is 4.90 Å². The number of hydrogen-bond acceptors (Lipinski definition) is 6. The van der Waals surface area contributed by atoms with Crippen molar-refractivity contribution in [2.45, 2.75) is 12.5 Å². The average Bonchev–Trinajstić information content (AvgIpc) is 3.32. The first-order valence-corrected chi connectivity index (χ1v) is 11.0. The lowest BCUT2D eigenvalue weighted by molar-refractivity contribution is -0.117. The Balaban J connectivity index is 1.61. The molecule has 1 aliphatic rings. The Morgan fingerprint density at radius 1 is 1.06 bits per heavy atom. The fourth-order valence-corrected chi connectivity index (χ4v) is 4.91. The van der Waals surface area contributed by atoms with Crippen LogP contribution in [0.25, 0.3) is 0 Å². The predicted octanol–water partition coefficient (Wildman–Crippen LogP) is 4.36. The number of benzene rings is 2. The summed E-state index contributed by atoms with van der Waals surface area (Å²) in [5.41, 5.74) is 3.10. The van der Waals surface area contributed by atoms with Gasteiger partial charge in [0.15, 0.2) is 11.5 Å². The van der Waals surface area contributed by atoms with Gasteiger partial charge in [0.1, 0.15) is 5.75 Å². The van der Waals surface area contributed by atoms with Gasteiger partial charge in [-0.3, -0.25) is 9.69 Å². The number of methoxy groups -OCH3 is 3. The van der Waals surface area contributed by atoms with Crippen molar-refractivity contribution in [3.8, 4) is 17.2 Å². The highest BCUT2D eigenvalue weighted by Crippen LogP contribution is 2.42. The lowest BCUT2D eigenvalue weighted by Crippen LogP contribution is -2.40. The number of ether oxygens (including phenoxy) is 3. The van der Waals surface area contributed by atoms with Gasteiger partial charge < -0.3 is 19.5 Å². The molecule has 2 heterocycles. The Morgan fingerprint density at radius 2 is 1.87 bits per heavy atom. The molecule has 1 aromatic heterocycles. The molecule has 1 amide bonds. The number of nitrogens with zero attached hydrogens (tertiary/aromatic N) is 1. The second kappa shape index (κ2) is 9.41. The maximum Gasteiger partial charge on any atom is 0.238 e. The molecule has 0 saturated carbocycles. The lowest BCUT2D eigenvalue weighted by Gasteiger charge is -2.37. The molecular formula is C24H26N2O4S. The van der Waals surface area contributed by atoms with Gasteiger partial charge in [-0.15, -0.1) is 11.3 Å². The average molecular weight is 439 g/mol. The zero-order valence-electron chi connectivity index (χ0n) is 17.9. The second-order valence-corrected chi connectivity index (χ2v) is 8.30. The molecule has 7 heteroatoms. The molecule has 3 aromatic rings. The van der Waals surface area contributed by atoms with Crippen LogP contribution in [0.5, 0.6) is 17.2 Å². The molecule has 1 atom stereocenters. The monoisotopic (exact) mass is 438 g/mol. The van der Waals surface area contributed by atoms with Crippen LogP contribution < -0.4 is 19.5 Å². The van der Waals surface area contributed by atoms with Crippen LogP contribution in [0.4, 0.5) is 5.69 Å². The summed E-state index contributed by atoms with van der Waals surface area (Å²) in [6.07, 6.45) is 0.837. The van der Waals surface area contributed by atoms with Crippen molar-refractivity contribution in [3.63, 3.8) is 0 Å². The van der Waals surface area contributed by atoms with Gasteiger partial charge in [-0.1, -0.05) is 12.1 Å². The Kier molecular flexibility index (Phi) is 6.44. The van der Waals surface area contributed by atoms with Crippen molar-refractivity contribution in [2.75, 3.05) is 39.7 Å². The third-order valence-electron chi connectivity index (χ3n) is 5.49. The van der Waals surface area contributed by atoms with Crippen LogP contribution in [-0.4, -0.2) is 45.2 Å². The third-order valence-corrected chi connectivity index (χ3v) is 6.41. The van der Waals surface area contributed by atoms with Gasteiger partial charge in [-0.2, -0.15) is 0 Å². The van der Waals surface area contributed by atoms with E-state index in [0.29, 0.717) is 11.5 Å². The molecule has 0 unspecified atom stereocenters. The molecule has 0 aliphatic carbocycles. The minimum atomic E-state index is -0.0567. The fourth-order valence-electron chi connectivity index (χ4n) is 4.03. The number of hydrogen-bond donors (Lipinski definition) is 1. The van der Waals surface area contributed by atoms with E-state index in [0.717, 1.165) is 30.0 Å². The number of carbonyl (C=O) groups is 1. The number of rotatable bonds is 7. The third kappa shape index (κ3) is 4.52. The summed E-state index contributed by atoms with van der Waals surface area (Å²) in [6.45, 7) is 1.06. The highest BCUT2D eigenvalue weighted by atomic mass is 32.1. The number of carbonyl (C=O) groups excluding carboxylic acids is 1. The first-order chi connectivity index (χ1) is 15.1. The first-order valence-electron chi connectivity index (χ1n) is 10.1. The summed E-state index contributed by atoms with van der Waals surface area (Å²) in [5, 5.41) is 5.06. The van der Waals surface area contributed by atoms with E-state index in [9.17, 15) is 4.79 Å². The van der Waals surface area contributed by atoms with Crippen molar-refractivity contribution in [2.24, 2.45) is 0 Å². The Bertz CT molecular complexity index is 1050. The van der Waals surface area contributed by atoms with Gasteiger partial charge in [-0.05, 0) is 53.3 Å². The maximum atomic E-state index is 12.9. The van der Waals surface area contributed by atoms with E-state index in [1.165, 1.54) is 10.4 Å². The van der Waals surface area contributed by atoms with Gasteiger partial charge in [0.05, 0.1) is 33.9 Å². The van der Waals surface area contributed by atoms with E-state index < -0.39 is 0 Å². The molecule has 1 N–H and O–H groups in total. The fraction of sp³-hybridized carbons (Fsp3) is 0.292. The van der Waals surface area contributed by atoms with E-state index in [2.05, 4.69) is 27.7 Å². The number of thiophene rings is 1. The molecule has 2 aromatic carbocycles. The molecule has 0 spiro atoms. The van der Waals surface area contributed by atoms with E-state index in [-0.39, 0.29) is 18.5 Å². The quantitative estimate of drug-likeness (QED) is 0.594. The zero-order valence-corrected chi connectivity index (χ0v) is 18.7.